The number of carbonyl (C=O) groups excluding carboxylic acids is 2. The van der Waals surface area contributed by atoms with E-state index in [0.717, 1.165) is 16.3 Å². The third-order valence-electron chi connectivity index (χ3n) is 5.98. The van der Waals surface area contributed by atoms with Crippen molar-refractivity contribution in [2.24, 2.45) is 0 Å². The van der Waals surface area contributed by atoms with Gasteiger partial charge in [0.25, 0.3) is 11.8 Å². The van der Waals surface area contributed by atoms with Gasteiger partial charge in [0.2, 0.25) is 0 Å². The zero-order valence-corrected chi connectivity index (χ0v) is 18.3. The lowest BCUT2D eigenvalue weighted by Crippen LogP contribution is -2.51. The van der Waals surface area contributed by atoms with Crippen LogP contribution >= 0.6 is 0 Å². The van der Waals surface area contributed by atoms with Crippen molar-refractivity contribution in [3.05, 3.63) is 108 Å². The van der Waals surface area contributed by atoms with Crippen molar-refractivity contribution in [2.45, 2.75) is 19.1 Å². The molecule has 0 aromatic heterocycles. The second-order valence-electron chi connectivity index (χ2n) is 8.15. The van der Waals surface area contributed by atoms with Crippen LogP contribution < -0.4 is 15.0 Å². The predicted octanol–water partition coefficient (Wildman–Crippen LogP) is 5.13. The van der Waals surface area contributed by atoms with Crippen LogP contribution in [0.4, 0.5) is 5.69 Å². The number of nitrogens with zero attached hydrogens (tertiary/aromatic N) is 1. The Balaban J connectivity index is 1.40. The quantitative estimate of drug-likeness (QED) is 0.483. The van der Waals surface area contributed by atoms with E-state index in [0.29, 0.717) is 17.0 Å². The number of nitrogens with one attached hydrogen (secondary N) is 1. The Morgan fingerprint density at radius 1 is 0.879 bits per heavy atom. The maximum absolute atomic E-state index is 13.3. The molecule has 0 radical (unpaired) electrons. The highest BCUT2D eigenvalue weighted by molar-refractivity contribution is 6.07. The lowest BCUT2D eigenvalue weighted by molar-refractivity contribution is -0.128. The first-order chi connectivity index (χ1) is 16.1. The standard InChI is InChI=1S/C28H24N2O3/c1-19(22-15-9-13-20-10-5-6-14-23(20)22)29-27(31)26-18-30(24-16-7-8-17-25(24)33-26)28(32)21-11-3-2-4-12-21/h2-17,19,26H,18H2,1H3,(H,29,31)/t19-,26?/m1/s1. The lowest BCUT2D eigenvalue weighted by Gasteiger charge is -2.34. The molecular weight excluding hydrogens is 412 g/mol. The smallest absolute Gasteiger partial charge is 0.263 e. The zero-order valence-electron chi connectivity index (χ0n) is 18.3. The largest absolute Gasteiger partial charge is 0.477 e. The molecule has 5 heteroatoms. The van der Waals surface area contributed by atoms with Crippen LogP contribution in [0.25, 0.3) is 10.8 Å². The van der Waals surface area contributed by atoms with Crippen LogP contribution in [0.3, 0.4) is 0 Å². The summed E-state index contributed by atoms with van der Waals surface area (Å²) in [6, 6.07) is 30.4. The Labute approximate surface area is 192 Å². The average Bonchev–Trinajstić information content (AvgIpc) is 2.87. The summed E-state index contributed by atoms with van der Waals surface area (Å²) in [6.07, 6.45) is -0.815. The third-order valence-corrected chi connectivity index (χ3v) is 5.98. The highest BCUT2D eigenvalue weighted by atomic mass is 16.5. The van der Waals surface area contributed by atoms with Crippen LogP contribution in [0.5, 0.6) is 5.75 Å². The summed E-state index contributed by atoms with van der Waals surface area (Å²) in [5, 5.41) is 5.31. The molecule has 0 spiro atoms. The molecule has 4 aromatic carbocycles. The van der Waals surface area contributed by atoms with E-state index >= 15 is 0 Å². The van der Waals surface area contributed by atoms with Crippen molar-refractivity contribution < 1.29 is 14.3 Å². The molecule has 164 valence electrons. The summed E-state index contributed by atoms with van der Waals surface area (Å²) in [4.78, 5) is 28.1. The zero-order chi connectivity index (χ0) is 22.8. The van der Waals surface area contributed by atoms with Gasteiger partial charge in [0.15, 0.2) is 6.10 Å². The van der Waals surface area contributed by atoms with Crippen LogP contribution in [-0.4, -0.2) is 24.5 Å². The molecule has 0 saturated carbocycles. The van der Waals surface area contributed by atoms with Gasteiger partial charge < -0.3 is 15.0 Å². The monoisotopic (exact) mass is 436 g/mol. The minimum atomic E-state index is -0.815. The van der Waals surface area contributed by atoms with Crippen molar-refractivity contribution in [1.29, 1.82) is 0 Å². The van der Waals surface area contributed by atoms with E-state index < -0.39 is 6.10 Å². The van der Waals surface area contributed by atoms with Crippen LogP contribution in [0.2, 0.25) is 0 Å². The molecule has 1 unspecified atom stereocenters. The molecule has 5 nitrogen and oxygen atoms in total. The summed E-state index contributed by atoms with van der Waals surface area (Å²) in [6.45, 7) is 2.10. The number of benzene rings is 4. The molecular formula is C28H24N2O3. The Hall–Kier alpha value is -4.12. The van der Waals surface area contributed by atoms with Gasteiger partial charge in [0.1, 0.15) is 5.75 Å². The fraction of sp³-hybridized carbons (Fsp3) is 0.143. The normalized spacial score (nSPS) is 15.9. The van der Waals surface area contributed by atoms with Gasteiger partial charge in [0.05, 0.1) is 18.3 Å². The van der Waals surface area contributed by atoms with Crippen molar-refractivity contribution in [3.8, 4) is 5.75 Å². The summed E-state index contributed by atoms with van der Waals surface area (Å²) >= 11 is 0. The molecule has 2 atom stereocenters. The summed E-state index contributed by atoms with van der Waals surface area (Å²) in [5.74, 6) is 0.105. The second-order valence-corrected chi connectivity index (χ2v) is 8.15. The predicted molar refractivity (Wildman–Crippen MR) is 129 cm³/mol. The number of amides is 2. The number of carbonyl (C=O) groups is 2. The molecule has 0 fully saturated rings. The molecule has 1 aliphatic heterocycles. The van der Waals surface area contributed by atoms with E-state index in [1.54, 1.807) is 23.1 Å². The maximum atomic E-state index is 13.3. The van der Waals surface area contributed by atoms with Gasteiger partial charge in [-0.25, -0.2) is 0 Å². The molecule has 5 rings (SSSR count). The molecule has 1 aliphatic rings. The van der Waals surface area contributed by atoms with Gasteiger partial charge >= 0.3 is 0 Å². The number of hydrogen-bond acceptors (Lipinski definition) is 3. The molecule has 2 amide bonds. The van der Waals surface area contributed by atoms with E-state index in [1.807, 2.05) is 67.6 Å². The highest BCUT2D eigenvalue weighted by Crippen LogP contribution is 2.34. The minimum Gasteiger partial charge on any atom is -0.477 e. The van der Waals surface area contributed by atoms with Crippen molar-refractivity contribution >= 4 is 28.3 Å². The minimum absolute atomic E-state index is 0.138. The summed E-state index contributed by atoms with van der Waals surface area (Å²) < 4.78 is 6.03. The topological polar surface area (TPSA) is 58.6 Å². The number of fused-ring (bicyclic) bond motifs is 2. The molecule has 0 aliphatic carbocycles. The highest BCUT2D eigenvalue weighted by Gasteiger charge is 2.34. The number of ether oxygens (including phenoxy) is 1. The van der Waals surface area contributed by atoms with E-state index in [4.69, 9.17) is 4.74 Å². The third kappa shape index (κ3) is 4.05. The van der Waals surface area contributed by atoms with Crippen molar-refractivity contribution in [1.82, 2.24) is 5.32 Å². The van der Waals surface area contributed by atoms with Crippen LogP contribution in [0, 0.1) is 0 Å². The first-order valence-electron chi connectivity index (χ1n) is 11.0. The molecule has 0 saturated heterocycles. The second kappa shape index (κ2) is 8.79. The Morgan fingerprint density at radius 2 is 1.58 bits per heavy atom. The van der Waals surface area contributed by atoms with Gasteiger partial charge in [-0.05, 0) is 47.5 Å². The SMILES string of the molecule is C[C@@H](NC(=O)C1CN(C(=O)c2ccccc2)c2ccccc2O1)c1cccc2ccccc12. The molecule has 33 heavy (non-hydrogen) atoms. The molecule has 0 bridgehead atoms. The van der Waals surface area contributed by atoms with Gasteiger partial charge in [0, 0.05) is 5.56 Å². The Morgan fingerprint density at radius 3 is 2.42 bits per heavy atom. The van der Waals surface area contributed by atoms with Crippen LogP contribution in [-0.2, 0) is 4.79 Å². The molecule has 1 heterocycles. The summed E-state index contributed by atoms with van der Waals surface area (Å²) in [5.41, 5.74) is 2.27. The van der Waals surface area contributed by atoms with Gasteiger partial charge in [-0.2, -0.15) is 0 Å². The maximum Gasteiger partial charge on any atom is 0.263 e. The average molecular weight is 437 g/mol. The fourth-order valence-corrected chi connectivity index (χ4v) is 4.31. The first-order valence-corrected chi connectivity index (χ1v) is 11.0. The van der Waals surface area contributed by atoms with E-state index in [1.165, 1.54) is 0 Å². The van der Waals surface area contributed by atoms with Crippen LogP contribution in [0.15, 0.2) is 97.1 Å². The van der Waals surface area contributed by atoms with E-state index in [9.17, 15) is 9.59 Å². The molecule has 1 N–H and O–H groups in total. The van der Waals surface area contributed by atoms with Gasteiger partial charge in [-0.15, -0.1) is 0 Å². The first kappa shape index (κ1) is 20.8. The number of anilines is 1. The van der Waals surface area contributed by atoms with E-state index in [2.05, 4.69) is 23.5 Å². The summed E-state index contributed by atoms with van der Waals surface area (Å²) in [7, 11) is 0. The number of para-hydroxylation sites is 2. The van der Waals surface area contributed by atoms with Crippen LogP contribution in [0.1, 0.15) is 28.9 Å². The Kier molecular flexibility index (Phi) is 5.53. The lowest BCUT2D eigenvalue weighted by atomic mass is 9.99. The fourth-order valence-electron chi connectivity index (χ4n) is 4.31. The van der Waals surface area contributed by atoms with E-state index in [-0.39, 0.29) is 24.4 Å². The van der Waals surface area contributed by atoms with Crippen molar-refractivity contribution in [2.75, 3.05) is 11.4 Å². The Bertz CT molecular complexity index is 1310. The van der Waals surface area contributed by atoms with Gasteiger partial charge in [-0.3, -0.25) is 9.59 Å². The number of hydrogen-bond donors (Lipinski definition) is 1. The number of rotatable bonds is 4. The van der Waals surface area contributed by atoms with Gasteiger partial charge in [-0.1, -0.05) is 72.8 Å². The van der Waals surface area contributed by atoms with Crippen molar-refractivity contribution in [3.63, 3.8) is 0 Å². The molecule has 4 aromatic rings.